The quantitative estimate of drug-likeness (QED) is 0.482. The van der Waals surface area contributed by atoms with Crippen molar-refractivity contribution >= 4 is 45.1 Å². The van der Waals surface area contributed by atoms with E-state index >= 15 is 0 Å². The largest absolute Gasteiger partial charge is 0.382 e. The number of carbonyl (C=O) groups excluding carboxylic acids is 1. The molecule has 2 rings (SSSR count). The number of urea groups is 1. The molecule has 8 heteroatoms. The summed E-state index contributed by atoms with van der Waals surface area (Å²) in [7, 11) is 1.63. The van der Waals surface area contributed by atoms with Crippen LogP contribution in [0.3, 0.4) is 0 Å². The molecule has 1 heterocycles. The molecule has 1 aromatic heterocycles. The Morgan fingerprint density at radius 2 is 2.26 bits per heavy atom. The van der Waals surface area contributed by atoms with Crippen molar-refractivity contribution in [3.63, 3.8) is 0 Å². The monoisotopic (exact) mass is 447 g/mol. The first-order chi connectivity index (χ1) is 11.2. The second kappa shape index (κ2) is 9.81. The number of carbonyl (C=O) groups is 1. The van der Waals surface area contributed by atoms with Gasteiger partial charge in [-0.3, -0.25) is 5.32 Å². The number of rotatable bonds is 8. The highest BCUT2D eigenvalue weighted by Gasteiger charge is 2.06. The van der Waals surface area contributed by atoms with Gasteiger partial charge in [0.25, 0.3) is 0 Å². The summed E-state index contributed by atoms with van der Waals surface area (Å²) in [5, 5.41) is 7.95. The Hall–Kier alpha value is -1.23. The predicted octanol–water partition coefficient (Wildman–Crippen LogP) is 3.23. The molecular formula is C15H18IN3O3S. The zero-order chi connectivity index (χ0) is 16.5. The second-order valence-electron chi connectivity index (χ2n) is 4.63. The van der Waals surface area contributed by atoms with Gasteiger partial charge in [0.15, 0.2) is 5.13 Å². The zero-order valence-corrected chi connectivity index (χ0v) is 15.6. The molecule has 2 aromatic rings. The van der Waals surface area contributed by atoms with Crippen LogP contribution in [0.1, 0.15) is 11.3 Å². The fraction of sp³-hybridized carbons (Fsp3) is 0.333. The van der Waals surface area contributed by atoms with Gasteiger partial charge in [0.05, 0.1) is 25.5 Å². The molecular weight excluding hydrogens is 429 g/mol. The van der Waals surface area contributed by atoms with E-state index in [0.29, 0.717) is 31.5 Å². The van der Waals surface area contributed by atoms with E-state index in [9.17, 15) is 4.79 Å². The SMILES string of the molecule is COCCOCc1csc(NC(=O)NCc2cccc(I)c2)n1. The van der Waals surface area contributed by atoms with E-state index in [1.807, 2.05) is 29.6 Å². The van der Waals surface area contributed by atoms with Crippen molar-refractivity contribution in [3.8, 4) is 0 Å². The zero-order valence-electron chi connectivity index (χ0n) is 12.7. The van der Waals surface area contributed by atoms with Gasteiger partial charge in [-0.25, -0.2) is 9.78 Å². The Bertz CT molecular complexity index is 636. The first-order valence-electron chi connectivity index (χ1n) is 6.98. The van der Waals surface area contributed by atoms with E-state index < -0.39 is 0 Å². The van der Waals surface area contributed by atoms with Crippen LogP contribution >= 0.6 is 33.9 Å². The van der Waals surface area contributed by atoms with E-state index in [-0.39, 0.29) is 6.03 Å². The number of nitrogens with zero attached hydrogens (tertiary/aromatic N) is 1. The number of anilines is 1. The number of hydrogen-bond acceptors (Lipinski definition) is 5. The molecule has 0 aliphatic carbocycles. The average Bonchev–Trinajstić information content (AvgIpc) is 2.97. The van der Waals surface area contributed by atoms with Crippen molar-refractivity contribution in [1.82, 2.24) is 10.3 Å². The summed E-state index contributed by atoms with van der Waals surface area (Å²) >= 11 is 3.61. The van der Waals surface area contributed by atoms with Crippen LogP contribution in [0.4, 0.5) is 9.93 Å². The fourth-order valence-corrected chi connectivity index (χ4v) is 3.02. The average molecular weight is 447 g/mol. The lowest BCUT2D eigenvalue weighted by atomic mass is 10.2. The van der Waals surface area contributed by atoms with Gasteiger partial charge in [0.2, 0.25) is 0 Å². The van der Waals surface area contributed by atoms with Crippen LogP contribution < -0.4 is 10.6 Å². The van der Waals surface area contributed by atoms with E-state index in [1.165, 1.54) is 11.3 Å². The lowest BCUT2D eigenvalue weighted by Crippen LogP contribution is -2.28. The number of methoxy groups -OCH3 is 1. The van der Waals surface area contributed by atoms with Gasteiger partial charge in [0, 0.05) is 22.6 Å². The van der Waals surface area contributed by atoms with E-state index in [0.717, 1.165) is 14.8 Å². The van der Waals surface area contributed by atoms with Gasteiger partial charge in [-0.2, -0.15) is 0 Å². The minimum absolute atomic E-state index is 0.273. The van der Waals surface area contributed by atoms with Gasteiger partial charge in [-0.15, -0.1) is 11.3 Å². The molecule has 0 fully saturated rings. The van der Waals surface area contributed by atoms with Crippen molar-refractivity contribution < 1.29 is 14.3 Å². The number of halogens is 1. The van der Waals surface area contributed by atoms with E-state index in [1.54, 1.807) is 7.11 Å². The van der Waals surface area contributed by atoms with Crippen molar-refractivity contribution in [2.45, 2.75) is 13.2 Å². The van der Waals surface area contributed by atoms with E-state index in [4.69, 9.17) is 9.47 Å². The standard InChI is InChI=1S/C15H18IN3O3S/c1-21-5-6-22-9-13-10-23-15(18-13)19-14(20)17-8-11-3-2-4-12(16)7-11/h2-4,7,10H,5-6,8-9H2,1H3,(H2,17,18,19,20). The maximum Gasteiger partial charge on any atom is 0.321 e. The number of thiazole rings is 1. The highest BCUT2D eigenvalue weighted by Crippen LogP contribution is 2.16. The number of amides is 2. The molecule has 0 atom stereocenters. The van der Waals surface area contributed by atoms with Crippen LogP contribution in [-0.2, 0) is 22.6 Å². The number of aromatic nitrogens is 1. The molecule has 0 bridgehead atoms. The lowest BCUT2D eigenvalue weighted by molar-refractivity contribution is 0.0604. The number of hydrogen-bond donors (Lipinski definition) is 2. The van der Waals surface area contributed by atoms with E-state index in [2.05, 4.69) is 38.2 Å². The van der Waals surface area contributed by atoms with Crippen molar-refractivity contribution in [2.24, 2.45) is 0 Å². The van der Waals surface area contributed by atoms with Crippen molar-refractivity contribution in [2.75, 3.05) is 25.6 Å². The van der Waals surface area contributed by atoms with Crippen LogP contribution in [-0.4, -0.2) is 31.3 Å². The molecule has 0 saturated carbocycles. The van der Waals surface area contributed by atoms with Crippen LogP contribution in [0.15, 0.2) is 29.6 Å². The molecule has 0 unspecified atom stereocenters. The normalized spacial score (nSPS) is 10.5. The van der Waals surface area contributed by atoms with Crippen LogP contribution in [0, 0.1) is 3.57 Å². The maximum absolute atomic E-state index is 11.9. The third-order valence-electron chi connectivity index (χ3n) is 2.80. The summed E-state index contributed by atoms with van der Waals surface area (Å²) in [6.45, 7) is 1.95. The van der Waals surface area contributed by atoms with Crippen LogP contribution in [0.2, 0.25) is 0 Å². The summed E-state index contributed by atoms with van der Waals surface area (Å²) in [4.78, 5) is 16.2. The lowest BCUT2D eigenvalue weighted by Gasteiger charge is -2.06. The predicted molar refractivity (Wildman–Crippen MR) is 98.7 cm³/mol. The Kier molecular flexibility index (Phi) is 7.72. The summed E-state index contributed by atoms with van der Waals surface area (Å²) in [5.74, 6) is 0. The summed E-state index contributed by atoms with van der Waals surface area (Å²) < 4.78 is 11.4. The number of ether oxygens (including phenoxy) is 2. The van der Waals surface area contributed by atoms with Gasteiger partial charge < -0.3 is 14.8 Å². The molecule has 0 radical (unpaired) electrons. The minimum atomic E-state index is -0.273. The highest BCUT2D eigenvalue weighted by atomic mass is 127. The molecule has 0 saturated heterocycles. The molecule has 1 aromatic carbocycles. The van der Waals surface area contributed by atoms with Crippen LogP contribution in [0.25, 0.3) is 0 Å². The smallest absolute Gasteiger partial charge is 0.321 e. The molecule has 2 N–H and O–H groups in total. The molecule has 0 aliphatic heterocycles. The summed E-state index contributed by atoms with van der Waals surface area (Å²) in [6, 6.07) is 7.70. The highest BCUT2D eigenvalue weighted by molar-refractivity contribution is 14.1. The molecule has 0 spiro atoms. The summed E-state index contributed by atoms with van der Waals surface area (Å²) in [6.07, 6.45) is 0. The molecule has 2 amide bonds. The number of benzene rings is 1. The third-order valence-corrected chi connectivity index (χ3v) is 4.27. The molecule has 23 heavy (non-hydrogen) atoms. The maximum atomic E-state index is 11.9. The van der Waals surface area contributed by atoms with Crippen LogP contribution in [0.5, 0.6) is 0 Å². The second-order valence-corrected chi connectivity index (χ2v) is 6.73. The van der Waals surface area contributed by atoms with Crippen molar-refractivity contribution in [3.05, 3.63) is 44.5 Å². The third kappa shape index (κ3) is 6.81. The Morgan fingerprint density at radius 1 is 1.39 bits per heavy atom. The first-order valence-corrected chi connectivity index (χ1v) is 8.93. The first kappa shape index (κ1) is 18.1. The van der Waals surface area contributed by atoms with Gasteiger partial charge >= 0.3 is 6.03 Å². The Balaban J connectivity index is 1.73. The summed E-state index contributed by atoms with van der Waals surface area (Å²) in [5.41, 5.74) is 1.84. The van der Waals surface area contributed by atoms with Gasteiger partial charge in [-0.1, -0.05) is 12.1 Å². The number of nitrogens with one attached hydrogen (secondary N) is 2. The molecule has 6 nitrogen and oxygen atoms in total. The fourth-order valence-electron chi connectivity index (χ4n) is 1.72. The Morgan fingerprint density at radius 3 is 3.04 bits per heavy atom. The van der Waals surface area contributed by atoms with Crippen molar-refractivity contribution in [1.29, 1.82) is 0 Å². The topological polar surface area (TPSA) is 72.5 Å². The minimum Gasteiger partial charge on any atom is -0.382 e. The van der Waals surface area contributed by atoms with Gasteiger partial charge in [0.1, 0.15) is 0 Å². The molecule has 0 aliphatic rings. The van der Waals surface area contributed by atoms with Gasteiger partial charge in [-0.05, 0) is 40.3 Å². The molecule has 124 valence electrons. The Labute approximate surface area is 152 Å².